The minimum atomic E-state index is -0.165. The Hall–Kier alpha value is -0.620. The van der Waals surface area contributed by atoms with Gasteiger partial charge in [-0.2, -0.15) is 0 Å². The average Bonchev–Trinajstić information content (AvgIpc) is 2.31. The van der Waals surface area contributed by atoms with Gasteiger partial charge < -0.3 is 10.4 Å². The summed E-state index contributed by atoms with van der Waals surface area (Å²) in [6, 6.07) is 5.20. The molecule has 0 fully saturated rings. The minimum Gasteiger partial charge on any atom is -0.395 e. The maximum atomic E-state index is 11.8. The molecule has 0 radical (unpaired) electrons. The number of carbonyl (C=O) groups excluding carboxylic acids is 1. The lowest BCUT2D eigenvalue weighted by Gasteiger charge is -2.22. The maximum Gasteiger partial charge on any atom is 0.238 e. The van der Waals surface area contributed by atoms with E-state index in [4.69, 9.17) is 16.7 Å². The summed E-state index contributed by atoms with van der Waals surface area (Å²) in [6.45, 7) is 2.07. The molecular formula is C12H16BrClN2O2. The summed E-state index contributed by atoms with van der Waals surface area (Å²) < 4.78 is 0.858. The van der Waals surface area contributed by atoms with Crippen molar-refractivity contribution in [1.29, 1.82) is 0 Å². The van der Waals surface area contributed by atoms with Gasteiger partial charge in [-0.3, -0.25) is 9.69 Å². The van der Waals surface area contributed by atoms with Gasteiger partial charge in [0.15, 0.2) is 0 Å². The summed E-state index contributed by atoms with van der Waals surface area (Å²) in [4.78, 5) is 13.5. The molecule has 4 nitrogen and oxygen atoms in total. The van der Waals surface area contributed by atoms with Crippen molar-refractivity contribution in [3.8, 4) is 0 Å². The standard InChI is InChI=1S/C12H16BrClN2O2/c1-8(7-17)16(2)6-12(18)15-11-4-3-9(13)5-10(11)14/h3-5,8,17H,6-7H2,1-2H3,(H,15,18). The van der Waals surface area contributed by atoms with Crippen molar-refractivity contribution >= 4 is 39.1 Å². The highest BCUT2D eigenvalue weighted by atomic mass is 79.9. The first-order valence-corrected chi connectivity index (χ1v) is 6.67. The van der Waals surface area contributed by atoms with Crippen LogP contribution in [0.25, 0.3) is 0 Å². The number of nitrogens with one attached hydrogen (secondary N) is 1. The minimum absolute atomic E-state index is 0.0167. The third-order valence-electron chi connectivity index (χ3n) is 2.61. The van der Waals surface area contributed by atoms with Crippen LogP contribution in [0.4, 0.5) is 5.69 Å². The maximum absolute atomic E-state index is 11.8. The van der Waals surface area contributed by atoms with Crippen LogP contribution in [0.2, 0.25) is 5.02 Å². The zero-order valence-corrected chi connectivity index (χ0v) is 12.6. The molecule has 0 saturated heterocycles. The summed E-state index contributed by atoms with van der Waals surface area (Å²) in [5.74, 6) is -0.165. The van der Waals surface area contributed by atoms with E-state index in [0.29, 0.717) is 10.7 Å². The van der Waals surface area contributed by atoms with Gasteiger partial charge in [0.2, 0.25) is 5.91 Å². The van der Waals surface area contributed by atoms with Crippen LogP contribution in [-0.2, 0) is 4.79 Å². The Balaban J connectivity index is 2.59. The molecule has 0 aromatic heterocycles. The zero-order valence-electron chi connectivity index (χ0n) is 10.3. The second kappa shape index (κ2) is 7.09. The summed E-state index contributed by atoms with van der Waals surface area (Å²) in [5.41, 5.74) is 0.579. The van der Waals surface area contributed by atoms with Crippen LogP contribution >= 0.6 is 27.5 Å². The molecule has 0 aliphatic carbocycles. The van der Waals surface area contributed by atoms with Gasteiger partial charge in [0.05, 0.1) is 23.9 Å². The first-order valence-electron chi connectivity index (χ1n) is 5.50. The van der Waals surface area contributed by atoms with Crippen molar-refractivity contribution in [3.05, 3.63) is 27.7 Å². The highest BCUT2D eigenvalue weighted by molar-refractivity contribution is 9.10. The van der Waals surface area contributed by atoms with E-state index in [0.717, 1.165) is 4.47 Å². The van der Waals surface area contributed by atoms with Gasteiger partial charge in [0.25, 0.3) is 0 Å². The molecule has 1 unspecified atom stereocenters. The summed E-state index contributed by atoms with van der Waals surface area (Å²) in [7, 11) is 1.78. The van der Waals surface area contributed by atoms with E-state index in [-0.39, 0.29) is 25.1 Å². The lowest BCUT2D eigenvalue weighted by Crippen LogP contribution is -2.38. The third-order valence-corrected chi connectivity index (χ3v) is 3.42. The van der Waals surface area contributed by atoms with Crippen molar-refractivity contribution in [3.63, 3.8) is 0 Å². The second-order valence-electron chi connectivity index (χ2n) is 4.12. The topological polar surface area (TPSA) is 52.6 Å². The average molecular weight is 336 g/mol. The van der Waals surface area contributed by atoms with E-state index < -0.39 is 0 Å². The van der Waals surface area contributed by atoms with Crippen molar-refractivity contribution in [2.24, 2.45) is 0 Å². The number of carbonyl (C=O) groups is 1. The number of anilines is 1. The molecule has 6 heteroatoms. The van der Waals surface area contributed by atoms with Gasteiger partial charge in [-0.1, -0.05) is 27.5 Å². The highest BCUT2D eigenvalue weighted by Crippen LogP contribution is 2.25. The molecule has 0 saturated carbocycles. The van der Waals surface area contributed by atoms with E-state index in [1.165, 1.54) is 0 Å². The predicted molar refractivity (Wildman–Crippen MR) is 77.0 cm³/mol. The first-order chi connectivity index (χ1) is 8.43. The van der Waals surface area contributed by atoms with Crippen molar-refractivity contribution in [2.45, 2.75) is 13.0 Å². The molecule has 0 bridgehead atoms. The Morgan fingerprint density at radius 3 is 2.83 bits per heavy atom. The van der Waals surface area contributed by atoms with Crippen molar-refractivity contribution in [1.82, 2.24) is 4.90 Å². The van der Waals surface area contributed by atoms with Gasteiger partial charge >= 0.3 is 0 Å². The largest absolute Gasteiger partial charge is 0.395 e. The third kappa shape index (κ3) is 4.57. The van der Waals surface area contributed by atoms with Crippen LogP contribution in [0, 0.1) is 0 Å². The smallest absolute Gasteiger partial charge is 0.238 e. The fourth-order valence-electron chi connectivity index (χ4n) is 1.30. The lowest BCUT2D eigenvalue weighted by atomic mass is 10.3. The SMILES string of the molecule is CC(CO)N(C)CC(=O)Nc1ccc(Br)cc1Cl. The van der Waals surface area contributed by atoms with Gasteiger partial charge in [0, 0.05) is 10.5 Å². The van der Waals surface area contributed by atoms with Gasteiger partial charge in [-0.15, -0.1) is 0 Å². The number of amides is 1. The van der Waals surface area contributed by atoms with Crippen LogP contribution in [0.3, 0.4) is 0 Å². The Morgan fingerprint density at radius 2 is 2.28 bits per heavy atom. The molecule has 1 rings (SSSR count). The van der Waals surface area contributed by atoms with E-state index in [9.17, 15) is 4.79 Å². The number of hydrogen-bond acceptors (Lipinski definition) is 3. The monoisotopic (exact) mass is 334 g/mol. The van der Waals surface area contributed by atoms with Crippen LogP contribution < -0.4 is 5.32 Å². The van der Waals surface area contributed by atoms with E-state index in [2.05, 4.69) is 21.2 Å². The number of aliphatic hydroxyl groups is 1. The first kappa shape index (κ1) is 15.4. The van der Waals surface area contributed by atoms with Crippen LogP contribution in [0.1, 0.15) is 6.92 Å². The molecular weight excluding hydrogens is 320 g/mol. The Labute approximate surface area is 120 Å². The summed E-state index contributed by atoms with van der Waals surface area (Å²) >= 11 is 9.30. The molecule has 1 aromatic carbocycles. The van der Waals surface area contributed by atoms with Crippen molar-refractivity contribution in [2.75, 3.05) is 25.5 Å². The molecule has 100 valence electrons. The molecule has 0 aliphatic rings. The van der Waals surface area contributed by atoms with Crippen molar-refractivity contribution < 1.29 is 9.90 Å². The number of aliphatic hydroxyl groups excluding tert-OH is 1. The Kier molecular flexibility index (Phi) is 6.08. The quantitative estimate of drug-likeness (QED) is 0.868. The molecule has 1 amide bonds. The highest BCUT2D eigenvalue weighted by Gasteiger charge is 2.13. The molecule has 0 spiro atoms. The van der Waals surface area contributed by atoms with E-state index >= 15 is 0 Å². The van der Waals surface area contributed by atoms with Crippen LogP contribution in [-0.4, -0.2) is 42.2 Å². The molecule has 1 atom stereocenters. The normalized spacial score (nSPS) is 12.6. The van der Waals surface area contributed by atoms with Gasteiger partial charge in [-0.05, 0) is 32.2 Å². The lowest BCUT2D eigenvalue weighted by molar-refractivity contribution is -0.117. The van der Waals surface area contributed by atoms with E-state index in [1.807, 2.05) is 13.0 Å². The van der Waals surface area contributed by atoms with Gasteiger partial charge in [0.1, 0.15) is 0 Å². The van der Waals surface area contributed by atoms with Crippen LogP contribution in [0.15, 0.2) is 22.7 Å². The van der Waals surface area contributed by atoms with Crippen LogP contribution in [0.5, 0.6) is 0 Å². The zero-order chi connectivity index (χ0) is 13.7. The molecule has 18 heavy (non-hydrogen) atoms. The molecule has 0 heterocycles. The van der Waals surface area contributed by atoms with E-state index in [1.54, 1.807) is 24.1 Å². The number of hydrogen-bond donors (Lipinski definition) is 2. The molecule has 1 aromatic rings. The fourth-order valence-corrected chi connectivity index (χ4v) is 2.02. The Morgan fingerprint density at radius 1 is 1.61 bits per heavy atom. The number of nitrogens with zero attached hydrogens (tertiary/aromatic N) is 1. The molecule has 0 aliphatic heterocycles. The molecule has 2 N–H and O–H groups in total. The number of benzene rings is 1. The number of likely N-dealkylation sites (N-methyl/N-ethyl adjacent to an activating group) is 1. The number of halogens is 2. The summed E-state index contributed by atoms with van der Waals surface area (Å²) in [5, 5.41) is 12.2. The predicted octanol–water partition coefficient (Wildman–Crippen LogP) is 2.35. The summed E-state index contributed by atoms with van der Waals surface area (Å²) in [6.07, 6.45) is 0. The number of rotatable bonds is 5. The second-order valence-corrected chi connectivity index (χ2v) is 5.44. The Bertz CT molecular complexity index is 429. The fraction of sp³-hybridized carbons (Fsp3) is 0.417. The van der Waals surface area contributed by atoms with Gasteiger partial charge in [-0.25, -0.2) is 0 Å².